The molecule has 0 aliphatic heterocycles. The number of nitriles is 1. The normalized spacial score (nSPS) is 10.3. The number of hydrogen-bond acceptors (Lipinski definition) is 4. The molecule has 2 N–H and O–H groups in total. The Bertz CT molecular complexity index is 496. The summed E-state index contributed by atoms with van der Waals surface area (Å²) in [5.74, 6) is 0.448. The van der Waals surface area contributed by atoms with E-state index in [-0.39, 0.29) is 6.42 Å². The molecule has 2 rings (SSSR count). The second kappa shape index (κ2) is 3.48. The largest absolute Gasteiger partial charge is 0.440 e. The van der Waals surface area contributed by atoms with Crippen molar-refractivity contribution < 1.29 is 4.42 Å². The first kappa shape index (κ1) is 8.73. The number of oxazole rings is 1. The van der Waals surface area contributed by atoms with Crippen molar-refractivity contribution in [3.63, 3.8) is 0 Å². The summed E-state index contributed by atoms with van der Waals surface area (Å²) >= 11 is 0. The molecule has 0 radical (unpaired) electrons. The summed E-state index contributed by atoms with van der Waals surface area (Å²) in [5, 5.41) is 8.50. The number of rotatable bonds is 2. The predicted molar refractivity (Wildman–Crippen MR) is 51.2 cm³/mol. The van der Waals surface area contributed by atoms with E-state index in [1.54, 1.807) is 0 Å². The molecule has 70 valence electrons. The topological polar surface area (TPSA) is 75.8 Å². The van der Waals surface area contributed by atoms with Gasteiger partial charge in [-0.2, -0.15) is 5.26 Å². The number of nitrogens with zero attached hydrogens (tertiary/aromatic N) is 2. The standard InChI is InChI=1S/C10H9N3O/c11-5-4-9-13-10-7(6-12)2-1-3-8(10)14-9/h1-3H,4,6,12H2. The van der Waals surface area contributed by atoms with Gasteiger partial charge in [-0.3, -0.25) is 0 Å². The molecule has 1 aromatic heterocycles. The smallest absolute Gasteiger partial charge is 0.209 e. The van der Waals surface area contributed by atoms with Crippen LogP contribution in [0, 0.1) is 11.3 Å². The summed E-state index contributed by atoms with van der Waals surface area (Å²) in [6.07, 6.45) is 0.193. The summed E-state index contributed by atoms with van der Waals surface area (Å²) in [6.45, 7) is 0.426. The highest BCUT2D eigenvalue weighted by molar-refractivity contribution is 5.76. The second-order valence-corrected chi connectivity index (χ2v) is 2.91. The third kappa shape index (κ3) is 1.34. The van der Waals surface area contributed by atoms with Crippen LogP contribution in [0.4, 0.5) is 0 Å². The molecule has 1 aromatic carbocycles. The molecule has 0 atom stereocenters. The van der Waals surface area contributed by atoms with E-state index in [2.05, 4.69) is 4.98 Å². The predicted octanol–water partition coefficient (Wildman–Crippen LogP) is 1.35. The van der Waals surface area contributed by atoms with Gasteiger partial charge in [0.05, 0.1) is 6.07 Å². The van der Waals surface area contributed by atoms with Gasteiger partial charge in [-0.1, -0.05) is 12.1 Å². The minimum Gasteiger partial charge on any atom is -0.440 e. The first-order chi connectivity index (χ1) is 6.85. The highest BCUT2D eigenvalue weighted by atomic mass is 16.3. The molecule has 0 saturated heterocycles. The molecule has 14 heavy (non-hydrogen) atoms. The van der Waals surface area contributed by atoms with Crippen molar-refractivity contribution in [1.29, 1.82) is 5.26 Å². The molecular formula is C10H9N3O. The van der Waals surface area contributed by atoms with Crippen LogP contribution in [0.5, 0.6) is 0 Å². The van der Waals surface area contributed by atoms with Crippen LogP contribution in [0.15, 0.2) is 22.6 Å². The van der Waals surface area contributed by atoms with Crippen LogP contribution >= 0.6 is 0 Å². The summed E-state index contributed by atoms with van der Waals surface area (Å²) in [5.41, 5.74) is 7.95. The van der Waals surface area contributed by atoms with Crippen LogP contribution in [0.1, 0.15) is 11.5 Å². The fourth-order valence-electron chi connectivity index (χ4n) is 1.36. The van der Waals surface area contributed by atoms with Gasteiger partial charge in [-0.25, -0.2) is 4.98 Å². The fraction of sp³-hybridized carbons (Fsp3) is 0.200. The van der Waals surface area contributed by atoms with E-state index in [0.29, 0.717) is 18.0 Å². The van der Waals surface area contributed by atoms with Gasteiger partial charge >= 0.3 is 0 Å². The van der Waals surface area contributed by atoms with Crippen molar-refractivity contribution in [2.45, 2.75) is 13.0 Å². The van der Waals surface area contributed by atoms with Crippen LogP contribution < -0.4 is 5.73 Å². The number of fused-ring (bicyclic) bond motifs is 1. The van der Waals surface area contributed by atoms with Crippen molar-refractivity contribution in [2.75, 3.05) is 0 Å². The van der Waals surface area contributed by atoms with Crippen molar-refractivity contribution in [3.8, 4) is 6.07 Å². The average Bonchev–Trinajstić information content (AvgIpc) is 2.60. The number of para-hydroxylation sites is 1. The first-order valence-corrected chi connectivity index (χ1v) is 4.29. The van der Waals surface area contributed by atoms with E-state index < -0.39 is 0 Å². The zero-order valence-corrected chi connectivity index (χ0v) is 7.53. The summed E-state index contributed by atoms with van der Waals surface area (Å²) in [6, 6.07) is 7.59. The van der Waals surface area contributed by atoms with E-state index in [1.807, 2.05) is 24.3 Å². The lowest BCUT2D eigenvalue weighted by Gasteiger charge is -1.94. The lowest BCUT2D eigenvalue weighted by molar-refractivity contribution is 0.548. The molecule has 0 aliphatic rings. The van der Waals surface area contributed by atoms with Gasteiger partial charge in [0.25, 0.3) is 0 Å². The van der Waals surface area contributed by atoms with E-state index >= 15 is 0 Å². The Morgan fingerprint density at radius 1 is 1.50 bits per heavy atom. The molecule has 0 fully saturated rings. The van der Waals surface area contributed by atoms with Crippen LogP contribution in [0.25, 0.3) is 11.1 Å². The average molecular weight is 187 g/mol. The van der Waals surface area contributed by atoms with Crippen LogP contribution in [0.2, 0.25) is 0 Å². The monoisotopic (exact) mass is 187 g/mol. The molecule has 0 unspecified atom stereocenters. The molecular weight excluding hydrogens is 178 g/mol. The zero-order valence-electron chi connectivity index (χ0n) is 7.53. The van der Waals surface area contributed by atoms with E-state index in [0.717, 1.165) is 11.1 Å². The van der Waals surface area contributed by atoms with E-state index in [9.17, 15) is 0 Å². The zero-order chi connectivity index (χ0) is 9.97. The lowest BCUT2D eigenvalue weighted by atomic mass is 10.2. The molecule has 4 heteroatoms. The fourth-order valence-corrected chi connectivity index (χ4v) is 1.36. The number of aromatic nitrogens is 1. The highest BCUT2D eigenvalue weighted by Crippen LogP contribution is 2.19. The van der Waals surface area contributed by atoms with E-state index in [1.165, 1.54) is 0 Å². The van der Waals surface area contributed by atoms with Crippen molar-refractivity contribution in [2.24, 2.45) is 5.73 Å². The number of hydrogen-bond donors (Lipinski definition) is 1. The van der Waals surface area contributed by atoms with Crippen LogP contribution in [-0.4, -0.2) is 4.98 Å². The Hall–Kier alpha value is -1.86. The van der Waals surface area contributed by atoms with Gasteiger partial charge in [0.2, 0.25) is 5.89 Å². The Labute approximate surface area is 81.0 Å². The summed E-state index contributed by atoms with van der Waals surface area (Å²) in [4.78, 5) is 4.20. The van der Waals surface area contributed by atoms with Crippen molar-refractivity contribution >= 4 is 11.1 Å². The van der Waals surface area contributed by atoms with Gasteiger partial charge in [0.1, 0.15) is 11.9 Å². The molecule has 0 amide bonds. The first-order valence-electron chi connectivity index (χ1n) is 4.29. The maximum Gasteiger partial charge on any atom is 0.209 e. The lowest BCUT2D eigenvalue weighted by Crippen LogP contribution is -1.96. The maximum absolute atomic E-state index is 8.50. The summed E-state index contributed by atoms with van der Waals surface area (Å²) < 4.78 is 5.36. The van der Waals surface area contributed by atoms with Gasteiger partial charge in [0, 0.05) is 6.54 Å². The Kier molecular flexibility index (Phi) is 2.17. The minimum atomic E-state index is 0.193. The van der Waals surface area contributed by atoms with E-state index in [4.69, 9.17) is 15.4 Å². The third-order valence-electron chi connectivity index (χ3n) is 2.00. The molecule has 0 aliphatic carbocycles. The Morgan fingerprint density at radius 3 is 3.07 bits per heavy atom. The quantitative estimate of drug-likeness (QED) is 0.769. The van der Waals surface area contributed by atoms with Gasteiger partial charge < -0.3 is 10.2 Å². The molecule has 0 spiro atoms. The molecule has 4 nitrogen and oxygen atoms in total. The minimum absolute atomic E-state index is 0.193. The molecule has 2 aromatic rings. The molecule has 1 heterocycles. The molecule has 0 bridgehead atoms. The molecule has 0 saturated carbocycles. The van der Waals surface area contributed by atoms with Gasteiger partial charge in [-0.15, -0.1) is 0 Å². The Balaban J connectivity index is 2.59. The SMILES string of the molecule is N#CCc1nc2c(CN)cccc2o1. The highest BCUT2D eigenvalue weighted by Gasteiger charge is 2.07. The van der Waals surface area contributed by atoms with Crippen molar-refractivity contribution in [1.82, 2.24) is 4.98 Å². The Morgan fingerprint density at radius 2 is 2.36 bits per heavy atom. The number of nitrogens with two attached hydrogens (primary N) is 1. The van der Waals surface area contributed by atoms with Gasteiger partial charge in [0.15, 0.2) is 5.58 Å². The third-order valence-corrected chi connectivity index (χ3v) is 2.00. The maximum atomic E-state index is 8.50. The van der Waals surface area contributed by atoms with Crippen LogP contribution in [-0.2, 0) is 13.0 Å². The second-order valence-electron chi connectivity index (χ2n) is 2.91. The van der Waals surface area contributed by atoms with Crippen LogP contribution in [0.3, 0.4) is 0 Å². The summed E-state index contributed by atoms with van der Waals surface area (Å²) in [7, 11) is 0. The number of benzene rings is 1. The van der Waals surface area contributed by atoms with Gasteiger partial charge in [-0.05, 0) is 11.6 Å². The van der Waals surface area contributed by atoms with Crippen molar-refractivity contribution in [3.05, 3.63) is 29.7 Å².